The van der Waals surface area contributed by atoms with Crippen LogP contribution in [0.5, 0.6) is 0 Å². The molecule has 1 aliphatic rings. The Morgan fingerprint density at radius 1 is 1.11 bits per heavy atom. The second-order valence-corrected chi connectivity index (χ2v) is 10.3. The van der Waals surface area contributed by atoms with Crippen molar-refractivity contribution >= 4 is 39.7 Å². The van der Waals surface area contributed by atoms with Gasteiger partial charge in [-0.1, -0.05) is 6.92 Å². The number of halogens is 1. The number of hydrogen-bond donors (Lipinski definition) is 1. The molecule has 192 valence electrons. The normalized spacial score (nSPS) is 19.4. The lowest BCUT2D eigenvalue weighted by Gasteiger charge is -2.27. The second-order valence-electron chi connectivity index (χ2n) is 9.40. The third-order valence-corrected chi connectivity index (χ3v) is 7.90. The van der Waals surface area contributed by atoms with E-state index >= 15 is 0 Å². The smallest absolute Gasteiger partial charge is 0.263 e. The highest BCUT2D eigenvalue weighted by Gasteiger charge is 2.49. The van der Waals surface area contributed by atoms with E-state index in [9.17, 15) is 14.0 Å². The molecule has 0 saturated carbocycles. The third-order valence-electron chi connectivity index (χ3n) is 6.97. The van der Waals surface area contributed by atoms with Crippen LogP contribution in [-0.2, 0) is 11.8 Å². The number of nitrogens with zero attached hydrogens (tertiary/aromatic N) is 6. The van der Waals surface area contributed by atoms with Gasteiger partial charge in [0.1, 0.15) is 16.7 Å². The highest BCUT2D eigenvalue weighted by molar-refractivity contribution is 7.11. The average Bonchev–Trinajstić information content (AvgIpc) is 3.68. The highest BCUT2D eigenvalue weighted by Crippen LogP contribution is 2.41. The van der Waals surface area contributed by atoms with Gasteiger partial charge < -0.3 is 10.2 Å². The molecule has 5 aromatic rings. The molecule has 0 bridgehead atoms. The van der Waals surface area contributed by atoms with Crippen LogP contribution in [0.15, 0.2) is 66.4 Å². The summed E-state index contributed by atoms with van der Waals surface area (Å²) < 4.78 is 16.8. The number of carbonyl (C=O) groups is 2. The van der Waals surface area contributed by atoms with Crippen LogP contribution < -0.4 is 10.2 Å². The van der Waals surface area contributed by atoms with Gasteiger partial charge in [-0.25, -0.2) is 14.1 Å². The number of aromatic nitrogens is 5. The molecule has 3 atom stereocenters. The molecule has 1 N–H and O–H groups in total. The van der Waals surface area contributed by atoms with Crippen LogP contribution in [0.25, 0.3) is 16.6 Å². The van der Waals surface area contributed by atoms with Gasteiger partial charge in [0, 0.05) is 24.3 Å². The number of fused-ring (bicyclic) bond motifs is 1. The van der Waals surface area contributed by atoms with E-state index in [1.807, 2.05) is 44.4 Å². The first kappa shape index (κ1) is 24.0. The van der Waals surface area contributed by atoms with E-state index in [2.05, 4.69) is 20.5 Å². The Balaban J connectivity index is 1.40. The molecule has 0 radical (unpaired) electrons. The largest absolute Gasteiger partial charge is 0.345 e. The molecule has 1 fully saturated rings. The zero-order valence-electron chi connectivity index (χ0n) is 20.9. The number of amides is 2. The van der Waals surface area contributed by atoms with Crippen LogP contribution >= 0.6 is 11.3 Å². The summed E-state index contributed by atoms with van der Waals surface area (Å²) in [5.74, 6) is -1.18. The number of aryl methyl sites for hydroxylation is 2. The van der Waals surface area contributed by atoms with Crippen LogP contribution in [0.3, 0.4) is 0 Å². The molecule has 0 unspecified atom stereocenters. The van der Waals surface area contributed by atoms with E-state index in [-0.39, 0.29) is 17.6 Å². The van der Waals surface area contributed by atoms with E-state index in [1.165, 1.54) is 23.5 Å². The lowest BCUT2D eigenvalue weighted by atomic mass is 9.97. The van der Waals surface area contributed by atoms with Crippen molar-refractivity contribution in [2.24, 2.45) is 13.0 Å². The van der Waals surface area contributed by atoms with Gasteiger partial charge in [-0.3, -0.25) is 14.3 Å². The quantitative estimate of drug-likeness (QED) is 0.368. The van der Waals surface area contributed by atoms with Crippen molar-refractivity contribution in [3.63, 3.8) is 0 Å². The van der Waals surface area contributed by atoms with Gasteiger partial charge in [0.05, 0.1) is 46.3 Å². The highest BCUT2D eigenvalue weighted by atomic mass is 32.1. The zero-order valence-corrected chi connectivity index (χ0v) is 21.7. The third kappa shape index (κ3) is 3.95. The molecule has 0 aliphatic carbocycles. The molecule has 2 aromatic carbocycles. The van der Waals surface area contributed by atoms with E-state index < -0.39 is 18.0 Å². The summed E-state index contributed by atoms with van der Waals surface area (Å²) in [5.41, 5.74) is 5.19. The van der Waals surface area contributed by atoms with Crippen molar-refractivity contribution in [3.8, 4) is 5.69 Å². The van der Waals surface area contributed by atoms with Crippen molar-refractivity contribution in [2.75, 3.05) is 4.90 Å². The summed E-state index contributed by atoms with van der Waals surface area (Å²) in [4.78, 5) is 33.3. The molecule has 1 saturated heterocycles. The predicted molar refractivity (Wildman–Crippen MR) is 142 cm³/mol. The number of nitrogens with one attached hydrogen (secondary N) is 1. The Morgan fingerprint density at radius 2 is 1.87 bits per heavy atom. The first-order valence-electron chi connectivity index (χ1n) is 12.1. The number of anilines is 1. The number of thiazole rings is 1. The van der Waals surface area contributed by atoms with E-state index in [1.54, 1.807) is 45.0 Å². The molecule has 6 rings (SSSR count). The summed E-state index contributed by atoms with van der Waals surface area (Å²) in [7, 11) is 1.82. The maximum Gasteiger partial charge on any atom is 0.263 e. The summed E-state index contributed by atoms with van der Waals surface area (Å²) in [6, 6.07) is 12.6. The van der Waals surface area contributed by atoms with E-state index in [0.29, 0.717) is 22.0 Å². The fraction of sp³-hybridized carbons (Fsp3) is 0.222. The van der Waals surface area contributed by atoms with Crippen molar-refractivity contribution in [1.29, 1.82) is 0 Å². The Labute approximate surface area is 221 Å². The predicted octanol–water partition coefficient (Wildman–Crippen LogP) is 4.19. The number of rotatable bonds is 5. The molecule has 11 heteroatoms. The van der Waals surface area contributed by atoms with Crippen LogP contribution in [0.1, 0.15) is 34.0 Å². The lowest BCUT2D eigenvalue weighted by Crippen LogP contribution is -2.42. The fourth-order valence-corrected chi connectivity index (χ4v) is 5.74. The van der Waals surface area contributed by atoms with Gasteiger partial charge in [-0.2, -0.15) is 10.2 Å². The monoisotopic (exact) mass is 529 g/mol. The van der Waals surface area contributed by atoms with Crippen molar-refractivity contribution in [3.05, 3.63) is 88.5 Å². The topological polar surface area (TPSA) is 97.9 Å². The minimum absolute atomic E-state index is 0.114. The van der Waals surface area contributed by atoms with Gasteiger partial charge in [0.25, 0.3) is 5.91 Å². The van der Waals surface area contributed by atoms with Crippen molar-refractivity contribution in [2.45, 2.75) is 25.9 Å². The number of carbonyl (C=O) groups excluding carboxylic acids is 2. The first-order valence-corrected chi connectivity index (χ1v) is 13.0. The average molecular weight is 530 g/mol. The van der Waals surface area contributed by atoms with Gasteiger partial charge in [-0.15, -0.1) is 11.3 Å². The summed E-state index contributed by atoms with van der Waals surface area (Å²) >= 11 is 1.27. The Morgan fingerprint density at radius 3 is 2.55 bits per heavy atom. The SMILES string of the molecule is Cc1ncsc1C(=O)N[C@H]1[C@H](C)C(=O)N(c2ccc3c(cnn3-c3ccc(F)cc3)c2)[C@@H]1c1ccn(C)n1. The Bertz CT molecular complexity index is 1670. The summed E-state index contributed by atoms with van der Waals surface area (Å²) in [6.45, 7) is 3.62. The molecular weight excluding hydrogens is 505 g/mol. The molecule has 0 spiro atoms. The minimum Gasteiger partial charge on any atom is -0.345 e. The zero-order chi connectivity index (χ0) is 26.6. The molecule has 38 heavy (non-hydrogen) atoms. The summed E-state index contributed by atoms with van der Waals surface area (Å²) in [5, 5.41) is 13.0. The van der Waals surface area contributed by atoms with Crippen molar-refractivity contribution in [1.82, 2.24) is 29.9 Å². The second kappa shape index (κ2) is 9.18. The molecule has 2 amide bonds. The summed E-state index contributed by atoms with van der Waals surface area (Å²) in [6.07, 6.45) is 3.54. The molecule has 1 aliphatic heterocycles. The maximum atomic E-state index is 13.7. The standard InChI is InChI=1S/C27H24FN7O2S/c1-15-23(31-26(36)25-16(2)29-14-38-25)24(21-10-11-33(3)32-21)34(27(15)37)20-8-9-22-17(12-20)13-30-35(22)19-6-4-18(28)5-7-19/h4-15,23-24H,1-3H3,(H,31,36)/t15-,23-,24+/m0/s1. The van der Waals surface area contributed by atoms with Crippen LogP contribution in [-0.4, -0.2) is 42.4 Å². The maximum absolute atomic E-state index is 13.7. The van der Waals surface area contributed by atoms with Gasteiger partial charge >= 0.3 is 0 Å². The molecule has 9 nitrogen and oxygen atoms in total. The van der Waals surface area contributed by atoms with Gasteiger partial charge in [-0.05, 0) is 55.5 Å². The molecule has 4 heterocycles. The van der Waals surface area contributed by atoms with E-state index in [0.717, 1.165) is 16.6 Å². The minimum atomic E-state index is -0.513. The number of hydrogen-bond acceptors (Lipinski definition) is 6. The van der Waals surface area contributed by atoms with Gasteiger partial charge in [0.2, 0.25) is 5.91 Å². The van der Waals surface area contributed by atoms with E-state index in [4.69, 9.17) is 0 Å². The lowest BCUT2D eigenvalue weighted by molar-refractivity contribution is -0.120. The van der Waals surface area contributed by atoms with Crippen molar-refractivity contribution < 1.29 is 14.0 Å². The molecule has 3 aromatic heterocycles. The van der Waals surface area contributed by atoms with Gasteiger partial charge in [0.15, 0.2) is 0 Å². The first-order chi connectivity index (χ1) is 18.3. The van der Waals surface area contributed by atoms with Crippen LogP contribution in [0, 0.1) is 18.7 Å². The van der Waals surface area contributed by atoms with Crippen LogP contribution in [0.2, 0.25) is 0 Å². The Hall–Kier alpha value is -4.38. The van der Waals surface area contributed by atoms with Crippen LogP contribution in [0.4, 0.5) is 10.1 Å². The number of benzene rings is 2. The molecular formula is C27H24FN7O2S. The Kier molecular flexibility index (Phi) is 5.79. The fourth-order valence-electron chi connectivity index (χ4n) is 5.04.